The number of aryl methyl sites for hydroxylation is 3. The van der Waals surface area contributed by atoms with Gasteiger partial charge in [0.1, 0.15) is 12.4 Å². The summed E-state index contributed by atoms with van der Waals surface area (Å²) in [5.74, 6) is 0.775. The first-order valence-corrected chi connectivity index (χ1v) is 19.9. The Morgan fingerprint density at radius 1 is 0.431 bits per heavy atom. The molecule has 0 aliphatic carbocycles. The minimum atomic E-state index is -0.0156. The maximum Gasteiger partial charge on any atom is 0.122 e. The van der Waals surface area contributed by atoms with Crippen molar-refractivity contribution in [3.05, 3.63) is 76.3 Å². The van der Waals surface area contributed by atoms with Gasteiger partial charge in [-0.15, -0.1) is 0 Å². The quantitative estimate of drug-likeness (QED) is 0.0633. The minimum absolute atomic E-state index is 0.0113. The number of methoxy groups -OCH3 is 1. The highest BCUT2D eigenvalue weighted by Gasteiger charge is 2.18. The van der Waals surface area contributed by atoms with Gasteiger partial charge in [-0.25, -0.2) is 9.97 Å². The number of rotatable bonds is 32. The Kier molecular flexibility index (Phi) is 22.7. The Morgan fingerprint density at radius 3 is 1.36 bits per heavy atom. The number of hydrogen-bond donors (Lipinski definition) is 2. The number of benzene rings is 3. The maximum atomic E-state index is 8.89. The Hall–Kier alpha value is -3.64. The van der Waals surface area contributed by atoms with E-state index in [1.54, 1.807) is 7.11 Å². The molecule has 14 nitrogen and oxygen atoms in total. The van der Waals surface area contributed by atoms with Crippen LogP contribution in [0.2, 0.25) is 0 Å². The van der Waals surface area contributed by atoms with Gasteiger partial charge in [0.05, 0.1) is 148 Å². The molecule has 1 aromatic heterocycles. The van der Waals surface area contributed by atoms with Crippen molar-refractivity contribution in [2.24, 2.45) is 0 Å². The molecular formula is C44H62N2O12. The summed E-state index contributed by atoms with van der Waals surface area (Å²) in [7, 11) is 1.65. The third-order valence-corrected chi connectivity index (χ3v) is 8.92. The number of hydrogen-bond acceptors (Lipinski definition) is 14. The van der Waals surface area contributed by atoms with Gasteiger partial charge >= 0.3 is 0 Å². The van der Waals surface area contributed by atoms with Crippen molar-refractivity contribution in [3.63, 3.8) is 0 Å². The third kappa shape index (κ3) is 16.2. The normalized spacial score (nSPS) is 11.6. The predicted molar refractivity (Wildman–Crippen MR) is 220 cm³/mol. The summed E-state index contributed by atoms with van der Waals surface area (Å²) in [6.07, 6.45) is 0. The molecule has 0 unspecified atom stereocenters. The summed E-state index contributed by atoms with van der Waals surface area (Å²) in [5.41, 5.74) is 10.1. The van der Waals surface area contributed by atoms with Gasteiger partial charge in [0, 0.05) is 18.2 Å². The van der Waals surface area contributed by atoms with Gasteiger partial charge in [-0.1, -0.05) is 24.3 Å². The second-order valence-corrected chi connectivity index (χ2v) is 13.3. The SMILES string of the molecule is COCCOCCOCCOc1ccc(-c2nc3c(C)ccc(C)c3nc2-c2ccc(COCCOCCOCCO)c(COCCOCCOCCO)c2)cc1C. The fourth-order valence-electron chi connectivity index (χ4n) is 5.85. The van der Waals surface area contributed by atoms with E-state index in [1.807, 2.05) is 19.1 Å². The molecule has 0 atom stereocenters. The van der Waals surface area contributed by atoms with Crippen molar-refractivity contribution < 1.29 is 57.6 Å². The van der Waals surface area contributed by atoms with Gasteiger partial charge in [-0.05, 0) is 72.9 Å². The van der Waals surface area contributed by atoms with Crippen LogP contribution < -0.4 is 4.74 Å². The molecule has 0 radical (unpaired) electrons. The van der Waals surface area contributed by atoms with Gasteiger partial charge < -0.3 is 57.6 Å². The van der Waals surface area contributed by atoms with E-state index in [0.717, 1.165) is 67.1 Å². The zero-order chi connectivity index (χ0) is 41.2. The lowest BCUT2D eigenvalue weighted by Gasteiger charge is -2.17. The molecule has 0 fully saturated rings. The van der Waals surface area contributed by atoms with Gasteiger partial charge in [0.15, 0.2) is 0 Å². The van der Waals surface area contributed by atoms with Crippen LogP contribution in [0.3, 0.4) is 0 Å². The van der Waals surface area contributed by atoms with Gasteiger partial charge in [-0.2, -0.15) is 0 Å². The standard InChI is InChI=1S/C44H62N2O12/c1-33-5-6-34(2)42-41(33)45-43(36-9-10-40(35(3)29-36)58-28-27-55-22-21-52-16-15-49-4)44(46-42)37-7-8-38(31-56-25-23-53-19-17-50-13-11-47)39(30-37)32-57-26-24-54-20-18-51-14-12-48/h5-10,29-30,47-48H,11-28,31-32H2,1-4H3. The topological polar surface area (TPSA) is 159 Å². The first-order valence-electron chi connectivity index (χ1n) is 19.9. The van der Waals surface area contributed by atoms with Crippen molar-refractivity contribution in [1.82, 2.24) is 9.97 Å². The first-order chi connectivity index (χ1) is 28.5. The highest BCUT2D eigenvalue weighted by Crippen LogP contribution is 2.35. The third-order valence-electron chi connectivity index (χ3n) is 8.92. The van der Waals surface area contributed by atoms with Crippen LogP contribution in [0, 0.1) is 20.8 Å². The van der Waals surface area contributed by atoms with Crippen molar-refractivity contribution >= 4 is 11.0 Å². The van der Waals surface area contributed by atoms with Crippen molar-refractivity contribution in [2.45, 2.75) is 34.0 Å². The van der Waals surface area contributed by atoms with Gasteiger partial charge in [0.2, 0.25) is 0 Å². The first kappa shape index (κ1) is 47.0. The summed E-state index contributed by atoms with van der Waals surface area (Å²) in [6.45, 7) is 13.7. The molecule has 58 heavy (non-hydrogen) atoms. The highest BCUT2D eigenvalue weighted by molar-refractivity contribution is 5.89. The molecule has 0 spiro atoms. The fourth-order valence-corrected chi connectivity index (χ4v) is 5.85. The summed E-state index contributed by atoms with van der Waals surface area (Å²) < 4.78 is 56.1. The highest BCUT2D eigenvalue weighted by atomic mass is 16.6. The number of aromatic nitrogens is 2. The molecule has 0 amide bonds. The van der Waals surface area contributed by atoms with Crippen molar-refractivity contribution in [1.29, 1.82) is 0 Å². The molecule has 2 N–H and O–H groups in total. The molecule has 0 bridgehead atoms. The molecule has 1 heterocycles. The number of nitrogens with zero attached hydrogens (tertiary/aromatic N) is 2. The van der Waals surface area contributed by atoms with Crippen LogP contribution in [-0.4, -0.2) is 146 Å². The molecule has 0 aliphatic rings. The minimum Gasteiger partial charge on any atom is -0.491 e. The van der Waals surface area contributed by atoms with E-state index in [-0.39, 0.29) is 19.8 Å². The Morgan fingerprint density at radius 2 is 0.862 bits per heavy atom. The fraction of sp³-hybridized carbons (Fsp3) is 0.545. The molecule has 320 valence electrons. The smallest absolute Gasteiger partial charge is 0.122 e. The van der Waals surface area contributed by atoms with E-state index in [1.165, 1.54) is 0 Å². The van der Waals surface area contributed by atoms with Crippen LogP contribution in [0.5, 0.6) is 5.75 Å². The second-order valence-electron chi connectivity index (χ2n) is 13.3. The van der Waals surface area contributed by atoms with E-state index in [9.17, 15) is 0 Å². The Balaban J connectivity index is 1.53. The molecule has 0 saturated heterocycles. The Bertz CT molecular complexity index is 1760. The average Bonchev–Trinajstić information content (AvgIpc) is 3.23. The van der Waals surface area contributed by atoms with E-state index >= 15 is 0 Å². The summed E-state index contributed by atoms with van der Waals surface area (Å²) in [6, 6.07) is 16.5. The monoisotopic (exact) mass is 810 g/mol. The molecule has 14 heteroatoms. The van der Waals surface area contributed by atoms with E-state index in [2.05, 4.69) is 50.2 Å². The van der Waals surface area contributed by atoms with Gasteiger partial charge in [-0.3, -0.25) is 0 Å². The number of aliphatic hydroxyl groups is 2. The van der Waals surface area contributed by atoms with Crippen LogP contribution in [-0.2, 0) is 55.8 Å². The van der Waals surface area contributed by atoms with Crippen LogP contribution >= 0.6 is 0 Å². The van der Waals surface area contributed by atoms with Crippen LogP contribution in [0.15, 0.2) is 48.5 Å². The van der Waals surface area contributed by atoms with E-state index in [0.29, 0.717) is 112 Å². The van der Waals surface area contributed by atoms with Crippen molar-refractivity contribution in [3.8, 4) is 28.3 Å². The predicted octanol–water partition coefficient (Wildman–Crippen LogP) is 5.03. The second kappa shape index (κ2) is 27.9. The lowest BCUT2D eigenvalue weighted by molar-refractivity contribution is 0.00161. The number of ether oxygens (including phenoxy) is 10. The molecule has 4 aromatic rings. The summed E-state index contributed by atoms with van der Waals surface area (Å²) in [4.78, 5) is 10.6. The zero-order valence-electron chi connectivity index (χ0n) is 34.6. The Labute approximate surface area is 342 Å². The van der Waals surface area contributed by atoms with Gasteiger partial charge in [0.25, 0.3) is 0 Å². The van der Waals surface area contributed by atoms with Crippen LogP contribution in [0.1, 0.15) is 27.8 Å². The summed E-state index contributed by atoms with van der Waals surface area (Å²) >= 11 is 0. The van der Waals surface area contributed by atoms with E-state index in [4.69, 9.17) is 67.5 Å². The number of aliphatic hydroxyl groups excluding tert-OH is 2. The van der Waals surface area contributed by atoms with E-state index < -0.39 is 0 Å². The van der Waals surface area contributed by atoms with Crippen LogP contribution in [0.4, 0.5) is 0 Å². The number of fused-ring (bicyclic) bond motifs is 1. The molecule has 3 aromatic carbocycles. The zero-order valence-corrected chi connectivity index (χ0v) is 34.6. The largest absolute Gasteiger partial charge is 0.491 e. The molecule has 0 aliphatic heterocycles. The molecular weight excluding hydrogens is 748 g/mol. The lowest BCUT2D eigenvalue weighted by atomic mass is 9.97. The molecule has 4 rings (SSSR count). The maximum absolute atomic E-state index is 8.89. The molecule has 0 saturated carbocycles. The lowest BCUT2D eigenvalue weighted by Crippen LogP contribution is -2.12. The van der Waals surface area contributed by atoms with Crippen LogP contribution in [0.25, 0.3) is 33.5 Å². The van der Waals surface area contributed by atoms with Crippen molar-refractivity contribution in [2.75, 3.05) is 126 Å². The average molecular weight is 811 g/mol. The summed E-state index contributed by atoms with van der Waals surface area (Å²) in [5, 5.41) is 17.7.